The van der Waals surface area contributed by atoms with Crippen molar-refractivity contribution in [1.29, 1.82) is 0 Å². The lowest BCUT2D eigenvalue weighted by atomic mass is 10.2. The van der Waals surface area contributed by atoms with E-state index in [1.54, 1.807) is 6.20 Å². The number of para-hydroxylation sites is 1. The van der Waals surface area contributed by atoms with Gasteiger partial charge in [-0.3, -0.25) is 9.48 Å². The van der Waals surface area contributed by atoms with Gasteiger partial charge in [-0.05, 0) is 43.4 Å². The Kier molecular flexibility index (Phi) is 4.93. The highest BCUT2D eigenvalue weighted by Crippen LogP contribution is 2.29. The van der Waals surface area contributed by atoms with E-state index in [0.717, 1.165) is 23.6 Å². The summed E-state index contributed by atoms with van der Waals surface area (Å²) in [4.78, 5) is 14.6. The van der Waals surface area contributed by atoms with Gasteiger partial charge in [0, 0.05) is 19.3 Å². The smallest absolute Gasteiger partial charge is 0.260 e. The number of carbonyl (C=O) groups is 1. The van der Waals surface area contributed by atoms with Crippen LogP contribution < -0.4 is 4.74 Å². The van der Waals surface area contributed by atoms with Crippen molar-refractivity contribution >= 4 is 5.91 Å². The fraction of sp³-hybridized carbons (Fsp3) is 0.500. The van der Waals surface area contributed by atoms with Crippen LogP contribution in [0.15, 0.2) is 36.5 Å². The lowest BCUT2D eigenvalue weighted by Gasteiger charge is -2.24. The predicted molar refractivity (Wildman–Crippen MR) is 96.8 cm³/mol. The molecular formula is C20H25N3O3. The van der Waals surface area contributed by atoms with Gasteiger partial charge in [0.25, 0.3) is 5.91 Å². The Balaban J connectivity index is 1.41. The monoisotopic (exact) mass is 355 g/mol. The Morgan fingerprint density at radius 3 is 2.88 bits per heavy atom. The third-order valence-corrected chi connectivity index (χ3v) is 5.02. The molecule has 2 heterocycles. The zero-order valence-corrected chi connectivity index (χ0v) is 15.1. The third-order valence-electron chi connectivity index (χ3n) is 5.02. The summed E-state index contributed by atoms with van der Waals surface area (Å²) in [6.45, 7) is 4.60. The number of carbonyl (C=O) groups excluding carboxylic acids is 1. The minimum Gasteiger partial charge on any atom is -0.484 e. The second-order valence-corrected chi connectivity index (χ2v) is 7.23. The van der Waals surface area contributed by atoms with Crippen molar-refractivity contribution in [2.75, 3.05) is 19.8 Å². The van der Waals surface area contributed by atoms with Gasteiger partial charge >= 0.3 is 0 Å². The first kappa shape index (κ1) is 17.1. The molecule has 1 unspecified atom stereocenters. The second-order valence-electron chi connectivity index (χ2n) is 7.23. The molecule has 2 aliphatic rings. The van der Waals surface area contributed by atoms with E-state index in [1.807, 2.05) is 46.8 Å². The first-order valence-corrected chi connectivity index (χ1v) is 9.27. The Bertz CT molecular complexity index is 769. The normalized spacial score (nSPS) is 19.7. The molecule has 1 fully saturated rings. The molecule has 0 bridgehead atoms. The standard InChI is InChI=1S/C20H25N3O3/c1-15-4-2-3-5-19(15)26-14-20(24)22-10-17-8-9-21-23(17)12-18(11-22)25-13-16-6-7-16/h2-5,8-9,16,18H,6-7,10-14H2,1H3. The highest BCUT2D eigenvalue weighted by atomic mass is 16.5. The van der Waals surface area contributed by atoms with Gasteiger partial charge in [0.05, 0.1) is 24.9 Å². The van der Waals surface area contributed by atoms with Crippen molar-refractivity contribution in [3.8, 4) is 5.75 Å². The summed E-state index contributed by atoms with van der Waals surface area (Å²) < 4.78 is 13.8. The van der Waals surface area contributed by atoms with Crippen LogP contribution in [-0.4, -0.2) is 46.5 Å². The van der Waals surface area contributed by atoms with Crippen LogP contribution in [0.2, 0.25) is 0 Å². The van der Waals surface area contributed by atoms with Gasteiger partial charge in [0.15, 0.2) is 6.61 Å². The zero-order valence-electron chi connectivity index (χ0n) is 15.1. The van der Waals surface area contributed by atoms with Crippen LogP contribution >= 0.6 is 0 Å². The van der Waals surface area contributed by atoms with E-state index in [9.17, 15) is 4.79 Å². The Morgan fingerprint density at radius 1 is 1.23 bits per heavy atom. The fourth-order valence-electron chi connectivity index (χ4n) is 3.22. The summed E-state index contributed by atoms with van der Waals surface area (Å²) in [5.41, 5.74) is 2.06. The minimum atomic E-state index is -0.0286. The molecule has 0 N–H and O–H groups in total. The summed E-state index contributed by atoms with van der Waals surface area (Å²) in [5.74, 6) is 1.43. The lowest BCUT2D eigenvalue weighted by molar-refractivity contribution is -0.136. The number of aromatic nitrogens is 2. The van der Waals surface area contributed by atoms with Gasteiger partial charge < -0.3 is 14.4 Å². The molecule has 0 spiro atoms. The Hall–Kier alpha value is -2.34. The Morgan fingerprint density at radius 2 is 2.08 bits per heavy atom. The van der Waals surface area contributed by atoms with Crippen LogP contribution in [0.25, 0.3) is 0 Å². The number of ether oxygens (including phenoxy) is 2. The molecule has 138 valence electrons. The molecular weight excluding hydrogens is 330 g/mol. The molecule has 2 aromatic rings. The molecule has 1 saturated carbocycles. The van der Waals surface area contributed by atoms with Crippen molar-refractivity contribution in [1.82, 2.24) is 14.7 Å². The van der Waals surface area contributed by atoms with E-state index < -0.39 is 0 Å². The van der Waals surface area contributed by atoms with Crippen LogP contribution in [0.4, 0.5) is 0 Å². The molecule has 1 aromatic carbocycles. The van der Waals surface area contributed by atoms with Gasteiger partial charge in [-0.25, -0.2) is 0 Å². The van der Waals surface area contributed by atoms with E-state index in [4.69, 9.17) is 9.47 Å². The molecule has 4 rings (SSSR count). The van der Waals surface area contributed by atoms with Crippen LogP contribution in [-0.2, 0) is 22.6 Å². The molecule has 1 aromatic heterocycles. The molecule has 26 heavy (non-hydrogen) atoms. The molecule has 1 amide bonds. The van der Waals surface area contributed by atoms with Crippen molar-refractivity contribution in [3.05, 3.63) is 47.8 Å². The van der Waals surface area contributed by atoms with E-state index >= 15 is 0 Å². The highest BCUT2D eigenvalue weighted by molar-refractivity contribution is 5.77. The van der Waals surface area contributed by atoms with Gasteiger partial charge in [0.1, 0.15) is 5.75 Å². The molecule has 0 saturated heterocycles. The summed E-state index contributed by atoms with van der Waals surface area (Å²) in [7, 11) is 0. The highest BCUT2D eigenvalue weighted by Gasteiger charge is 2.29. The van der Waals surface area contributed by atoms with E-state index in [2.05, 4.69) is 5.10 Å². The van der Waals surface area contributed by atoms with Crippen molar-refractivity contribution in [3.63, 3.8) is 0 Å². The lowest BCUT2D eigenvalue weighted by Crippen LogP contribution is -2.40. The van der Waals surface area contributed by atoms with E-state index in [-0.39, 0.29) is 18.6 Å². The van der Waals surface area contributed by atoms with Gasteiger partial charge in [0.2, 0.25) is 0 Å². The van der Waals surface area contributed by atoms with Gasteiger partial charge in [-0.2, -0.15) is 5.10 Å². The largest absolute Gasteiger partial charge is 0.484 e. The average molecular weight is 355 g/mol. The fourth-order valence-corrected chi connectivity index (χ4v) is 3.22. The average Bonchev–Trinajstić information content (AvgIpc) is 3.41. The number of fused-ring (bicyclic) bond motifs is 1. The summed E-state index contributed by atoms with van der Waals surface area (Å²) in [5, 5.41) is 4.38. The third kappa shape index (κ3) is 4.07. The van der Waals surface area contributed by atoms with Crippen LogP contribution in [0.1, 0.15) is 24.1 Å². The molecule has 6 heteroatoms. The van der Waals surface area contributed by atoms with Crippen LogP contribution in [0.5, 0.6) is 5.75 Å². The maximum absolute atomic E-state index is 12.8. The first-order chi connectivity index (χ1) is 12.7. The van der Waals surface area contributed by atoms with Gasteiger partial charge in [-0.1, -0.05) is 18.2 Å². The number of amides is 1. The second kappa shape index (κ2) is 7.50. The van der Waals surface area contributed by atoms with Crippen molar-refractivity contribution in [2.24, 2.45) is 5.92 Å². The molecule has 1 aliphatic carbocycles. The SMILES string of the molecule is Cc1ccccc1OCC(=O)N1Cc2ccnn2CC(OCC2CC2)C1. The maximum Gasteiger partial charge on any atom is 0.260 e. The topological polar surface area (TPSA) is 56.6 Å². The van der Waals surface area contributed by atoms with E-state index in [1.165, 1.54) is 12.8 Å². The van der Waals surface area contributed by atoms with Gasteiger partial charge in [-0.15, -0.1) is 0 Å². The van der Waals surface area contributed by atoms with Crippen LogP contribution in [0, 0.1) is 12.8 Å². The number of hydrogen-bond acceptors (Lipinski definition) is 4. The van der Waals surface area contributed by atoms with Crippen molar-refractivity contribution < 1.29 is 14.3 Å². The van der Waals surface area contributed by atoms with Crippen LogP contribution in [0.3, 0.4) is 0 Å². The molecule has 0 radical (unpaired) electrons. The summed E-state index contributed by atoms with van der Waals surface area (Å²) in [6, 6.07) is 9.71. The Labute approximate surface area is 153 Å². The van der Waals surface area contributed by atoms with E-state index in [0.29, 0.717) is 25.6 Å². The summed E-state index contributed by atoms with van der Waals surface area (Å²) in [6.07, 6.45) is 4.27. The zero-order chi connectivity index (χ0) is 17.9. The maximum atomic E-state index is 12.8. The predicted octanol–water partition coefficient (Wildman–Crippen LogP) is 2.41. The quantitative estimate of drug-likeness (QED) is 0.798. The van der Waals surface area contributed by atoms with Crippen molar-refractivity contribution in [2.45, 2.75) is 39.0 Å². The molecule has 1 aliphatic heterocycles. The number of nitrogens with zero attached hydrogens (tertiary/aromatic N) is 3. The molecule has 6 nitrogen and oxygen atoms in total. The molecule has 1 atom stereocenters. The first-order valence-electron chi connectivity index (χ1n) is 9.27. The summed E-state index contributed by atoms with van der Waals surface area (Å²) >= 11 is 0. The number of benzene rings is 1. The number of hydrogen-bond donors (Lipinski definition) is 0. The number of rotatable bonds is 6. The minimum absolute atomic E-state index is 0.0251. The number of aryl methyl sites for hydroxylation is 1.